The van der Waals surface area contributed by atoms with E-state index < -0.39 is 0 Å². The van der Waals surface area contributed by atoms with E-state index >= 15 is 0 Å². The highest BCUT2D eigenvalue weighted by atomic mass is 32.1. The lowest BCUT2D eigenvalue weighted by Gasteiger charge is -2.07. The molecular formula is C18H16N4O2S2. The third-order valence-corrected chi connectivity index (χ3v) is 5.91. The number of thiophene rings is 1. The Morgan fingerprint density at radius 2 is 2.00 bits per heavy atom. The largest absolute Gasteiger partial charge is 0.347 e. The van der Waals surface area contributed by atoms with E-state index in [-0.39, 0.29) is 11.8 Å². The van der Waals surface area contributed by atoms with Crippen molar-refractivity contribution in [3.05, 3.63) is 62.2 Å². The van der Waals surface area contributed by atoms with Gasteiger partial charge in [-0.05, 0) is 42.5 Å². The molecule has 0 atom stereocenters. The number of nitrogens with zero attached hydrogens (tertiary/aromatic N) is 2. The van der Waals surface area contributed by atoms with Crippen molar-refractivity contribution < 1.29 is 9.59 Å². The molecule has 1 aromatic carbocycles. The van der Waals surface area contributed by atoms with Gasteiger partial charge in [-0.1, -0.05) is 23.5 Å². The van der Waals surface area contributed by atoms with Crippen LogP contribution in [0.4, 0.5) is 5.69 Å². The van der Waals surface area contributed by atoms with Gasteiger partial charge in [0.2, 0.25) is 5.01 Å². The highest BCUT2D eigenvalue weighted by Gasteiger charge is 2.28. The number of benzene rings is 1. The molecule has 2 aromatic heterocycles. The SMILES string of the molecule is O=C(NCc1cccs1)c1cccc(NC(=O)c2nnc(C3CC3)s2)c1. The molecule has 3 aromatic rings. The van der Waals surface area contributed by atoms with Crippen LogP contribution in [0.3, 0.4) is 0 Å². The molecule has 2 N–H and O–H groups in total. The lowest BCUT2D eigenvalue weighted by molar-refractivity contribution is 0.0950. The van der Waals surface area contributed by atoms with Gasteiger partial charge in [0, 0.05) is 22.0 Å². The summed E-state index contributed by atoms with van der Waals surface area (Å²) in [4.78, 5) is 25.7. The average molecular weight is 384 g/mol. The fourth-order valence-corrected chi connectivity index (χ4v) is 3.98. The van der Waals surface area contributed by atoms with Crippen LogP contribution in [0.25, 0.3) is 0 Å². The molecule has 0 spiro atoms. The highest BCUT2D eigenvalue weighted by molar-refractivity contribution is 7.13. The lowest BCUT2D eigenvalue weighted by Crippen LogP contribution is -2.22. The Morgan fingerprint density at radius 3 is 2.77 bits per heavy atom. The number of carbonyl (C=O) groups excluding carboxylic acids is 2. The van der Waals surface area contributed by atoms with Crippen LogP contribution in [0, 0.1) is 0 Å². The topological polar surface area (TPSA) is 84.0 Å². The Morgan fingerprint density at radius 1 is 1.12 bits per heavy atom. The fourth-order valence-electron chi connectivity index (χ4n) is 2.43. The van der Waals surface area contributed by atoms with Gasteiger partial charge in [-0.15, -0.1) is 21.5 Å². The van der Waals surface area contributed by atoms with Crippen molar-refractivity contribution in [3.8, 4) is 0 Å². The number of carbonyl (C=O) groups is 2. The van der Waals surface area contributed by atoms with Gasteiger partial charge in [0.25, 0.3) is 11.8 Å². The van der Waals surface area contributed by atoms with Crippen molar-refractivity contribution in [1.29, 1.82) is 0 Å². The molecule has 4 rings (SSSR count). The summed E-state index contributed by atoms with van der Waals surface area (Å²) in [7, 11) is 0. The first-order valence-corrected chi connectivity index (χ1v) is 9.94. The number of hydrogen-bond acceptors (Lipinski definition) is 6. The summed E-state index contributed by atoms with van der Waals surface area (Å²) < 4.78 is 0. The zero-order valence-corrected chi connectivity index (χ0v) is 15.4. The zero-order chi connectivity index (χ0) is 17.9. The molecule has 0 saturated heterocycles. The number of rotatable bonds is 6. The Hall–Kier alpha value is -2.58. The van der Waals surface area contributed by atoms with Crippen LogP contribution in [0.1, 0.15) is 48.8 Å². The van der Waals surface area contributed by atoms with Gasteiger partial charge in [-0.2, -0.15) is 0 Å². The van der Waals surface area contributed by atoms with Crippen LogP contribution in [0.2, 0.25) is 0 Å². The normalized spacial score (nSPS) is 13.4. The van der Waals surface area contributed by atoms with E-state index in [4.69, 9.17) is 0 Å². The van der Waals surface area contributed by atoms with Gasteiger partial charge in [0.1, 0.15) is 5.01 Å². The summed E-state index contributed by atoms with van der Waals surface area (Å²) in [6.45, 7) is 0.488. The number of nitrogens with one attached hydrogen (secondary N) is 2. The molecule has 8 heteroatoms. The predicted molar refractivity (Wildman–Crippen MR) is 102 cm³/mol. The van der Waals surface area contributed by atoms with Crippen LogP contribution in [0.15, 0.2) is 41.8 Å². The standard InChI is InChI=1S/C18H16N4O2S2/c23-15(19-10-14-5-2-8-25-14)12-3-1-4-13(9-12)20-16(24)18-22-21-17(26-18)11-6-7-11/h1-5,8-9,11H,6-7,10H2,(H,19,23)(H,20,24). The van der Waals surface area contributed by atoms with Crippen LogP contribution in [-0.2, 0) is 6.54 Å². The molecule has 26 heavy (non-hydrogen) atoms. The smallest absolute Gasteiger partial charge is 0.286 e. The minimum absolute atomic E-state index is 0.179. The van der Waals surface area contributed by atoms with E-state index in [0.717, 1.165) is 22.7 Å². The van der Waals surface area contributed by atoms with Gasteiger partial charge in [0.05, 0.1) is 6.54 Å². The molecule has 2 heterocycles. The third kappa shape index (κ3) is 3.97. The van der Waals surface area contributed by atoms with Crippen molar-refractivity contribution in [1.82, 2.24) is 15.5 Å². The molecule has 1 saturated carbocycles. The predicted octanol–water partition coefficient (Wildman–Crippen LogP) is 3.66. The Balaban J connectivity index is 1.39. The van der Waals surface area contributed by atoms with Gasteiger partial charge in [-0.3, -0.25) is 9.59 Å². The number of hydrogen-bond donors (Lipinski definition) is 2. The summed E-state index contributed by atoms with van der Waals surface area (Å²) in [5, 5.41) is 17.0. The van der Waals surface area contributed by atoms with E-state index in [1.54, 1.807) is 35.6 Å². The van der Waals surface area contributed by atoms with Crippen LogP contribution < -0.4 is 10.6 Å². The molecule has 1 aliphatic rings. The summed E-state index contributed by atoms with van der Waals surface area (Å²) >= 11 is 2.93. The number of anilines is 1. The molecule has 2 amide bonds. The van der Waals surface area contributed by atoms with E-state index in [1.165, 1.54) is 11.3 Å². The van der Waals surface area contributed by atoms with Crippen molar-refractivity contribution in [2.24, 2.45) is 0 Å². The van der Waals surface area contributed by atoms with E-state index in [2.05, 4.69) is 20.8 Å². The molecule has 0 unspecified atom stereocenters. The lowest BCUT2D eigenvalue weighted by atomic mass is 10.2. The molecule has 6 nitrogen and oxygen atoms in total. The van der Waals surface area contributed by atoms with E-state index in [0.29, 0.717) is 28.7 Å². The minimum atomic E-state index is -0.300. The van der Waals surface area contributed by atoms with Crippen LogP contribution >= 0.6 is 22.7 Å². The second-order valence-electron chi connectivity index (χ2n) is 6.02. The van der Waals surface area contributed by atoms with Gasteiger partial charge in [0.15, 0.2) is 0 Å². The summed E-state index contributed by atoms with van der Waals surface area (Å²) in [6, 6.07) is 10.8. The van der Waals surface area contributed by atoms with Crippen LogP contribution in [-0.4, -0.2) is 22.0 Å². The van der Waals surface area contributed by atoms with Gasteiger partial charge >= 0.3 is 0 Å². The Kier molecular flexibility index (Phi) is 4.77. The van der Waals surface area contributed by atoms with Gasteiger partial charge < -0.3 is 10.6 Å². The monoisotopic (exact) mass is 384 g/mol. The maximum absolute atomic E-state index is 12.3. The molecule has 0 bridgehead atoms. The highest BCUT2D eigenvalue weighted by Crippen LogP contribution is 2.41. The minimum Gasteiger partial charge on any atom is -0.347 e. The molecule has 0 radical (unpaired) electrons. The quantitative estimate of drug-likeness (QED) is 0.679. The van der Waals surface area contributed by atoms with Crippen molar-refractivity contribution in [2.75, 3.05) is 5.32 Å². The molecule has 132 valence electrons. The molecular weight excluding hydrogens is 368 g/mol. The molecule has 1 aliphatic carbocycles. The fraction of sp³-hybridized carbons (Fsp3) is 0.222. The summed E-state index contributed by atoms with van der Waals surface area (Å²) in [5.74, 6) is -0.00334. The molecule has 0 aliphatic heterocycles. The maximum Gasteiger partial charge on any atom is 0.286 e. The maximum atomic E-state index is 12.3. The zero-order valence-electron chi connectivity index (χ0n) is 13.8. The number of aromatic nitrogens is 2. The first-order valence-electron chi connectivity index (χ1n) is 8.24. The Bertz CT molecular complexity index is 932. The van der Waals surface area contributed by atoms with Crippen molar-refractivity contribution in [2.45, 2.75) is 25.3 Å². The summed E-state index contributed by atoms with van der Waals surface area (Å²) in [6.07, 6.45) is 2.25. The van der Waals surface area contributed by atoms with Crippen molar-refractivity contribution in [3.63, 3.8) is 0 Å². The van der Waals surface area contributed by atoms with E-state index in [1.807, 2.05) is 17.5 Å². The molecule has 1 fully saturated rings. The average Bonchev–Trinajstić information content (AvgIpc) is 3.16. The second kappa shape index (κ2) is 7.35. The number of amides is 2. The Labute approximate surface area is 158 Å². The summed E-state index contributed by atoms with van der Waals surface area (Å²) in [5.41, 5.74) is 1.05. The first kappa shape index (κ1) is 16.9. The second-order valence-corrected chi connectivity index (χ2v) is 8.06. The van der Waals surface area contributed by atoms with E-state index in [9.17, 15) is 9.59 Å². The van der Waals surface area contributed by atoms with Crippen molar-refractivity contribution >= 4 is 40.2 Å². The van der Waals surface area contributed by atoms with Gasteiger partial charge in [-0.25, -0.2) is 0 Å². The third-order valence-electron chi connectivity index (χ3n) is 3.95. The first-order chi connectivity index (χ1) is 12.7. The van der Waals surface area contributed by atoms with Crippen LogP contribution in [0.5, 0.6) is 0 Å².